The molecule has 2 atom stereocenters. The van der Waals surface area contributed by atoms with E-state index in [2.05, 4.69) is 43.3 Å². The first kappa shape index (κ1) is 14.9. The second kappa shape index (κ2) is 8.06. The van der Waals surface area contributed by atoms with Crippen molar-refractivity contribution in [3.8, 4) is 0 Å². The van der Waals surface area contributed by atoms with Gasteiger partial charge in [-0.3, -0.25) is 0 Å². The minimum Gasteiger partial charge on any atom is -0.315 e. The minimum absolute atomic E-state index is 0.696. The molecule has 0 radical (unpaired) electrons. The molecule has 1 rings (SSSR count). The fraction of sp³-hybridized carbons (Fsp3) is 1.00. The monoisotopic (exact) mass is 241 g/mol. The van der Waals surface area contributed by atoms with Crippen LogP contribution in [0, 0.1) is 0 Å². The Kier molecular flexibility index (Phi) is 7.09. The van der Waals surface area contributed by atoms with Crippen LogP contribution in [0.15, 0.2) is 0 Å². The largest absolute Gasteiger partial charge is 0.315 e. The Labute approximate surface area is 108 Å². The maximum atomic E-state index is 3.52. The Balaban J connectivity index is 2.37. The summed E-state index contributed by atoms with van der Waals surface area (Å²) in [4.78, 5) is 4.85. The van der Waals surface area contributed by atoms with Gasteiger partial charge in [0.25, 0.3) is 0 Å². The smallest absolute Gasteiger partial charge is 0.0246 e. The molecule has 0 aromatic carbocycles. The van der Waals surface area contributed by atoms with E-state index in [-0.39, 0.29) is 0 Å². The SMILES string of the molecule is CNC1CCCCCC1N(C)CCCN(C)C. The summed E-state index contributed by atoms with van der Waals surface area (Å²) in [6, 6.07) is 1.44. The van der Waals surface area contributed by atoms with E-state index in [0.29, 0.717) is 6.04 Å². The highest BCUT2D eigenvalue weighted by atomic mass is 15.2. The molecule has 0 saturated heterocycles. The molecular weight excluding hydrogens is 210 g/mol. The number of rotatable bonds is 6. The summed E-state index contributed by atoms with van der Waals surface area (Å²) in [5.74, 6) is 0. The van der Waals surface area contributed by atoms with E-state index < -0.39 is 0 Å². The average molecular weight is 241 g/mol. The molecule has 1 saturated carbocycles. The fourth-order valence-corrected chi connectivity index (χ4v) is 2.95. The number of hydrogen-bond acceptors (Lipinski definition) is 3. The molecule has 1 aliphatic rings. The number of nitrogens with zero attached hydrogens (tertiary/aromatic N) is 2. The Bertz CT molecular complexity index is 194. The molecule has 3 nitrogen and oxygen atoms in total. The first-order valence-corrected chi connectivity index (χ1v) is 7.17. The molecule has 102 valence electrons. The van der Waals surface area contributed by atoms with Crippen molar-refractivity contribution in [2.24, 2.45) is 0 Å². The quantitative estimate of drug-likeness (QED) is 0.715. The first-order valence-electron chi connectivity index (χ1n) is 7.17. The van der Waals surface area contributed by atoms with Gasteiger partial charge in [-0.1, -0.05) is 19.3 Å². The van der Waals surface area contributed by atoms with Gasteiger partial charge in [-0.15, -0.1) is 0 Å². The second-order valence-electron chi connectivity index (χ2n) is 5.74. The van der Waals surface area contributed by atoms with E-state index >= 15 is 0 Å². The molecule has 1 aliphatic carbocycles. The molecule has 0 aliphatic heterocycles. The van der Waals surface area contributed by atoms with Crippen LogP contribution in [0.4, 0.5) is 0 Å². The summed E-state index contributed by atoms with van der Waals surface area (Å²) in [7, 11) is 8.73. The zero-order chi connectivity index (χ0) is 12.7. The van der Waals surface area contributed by atoms with Crippen molar-refractivity contribution < 1.29 is 0 Å². The van der Waals surface area contributed by atoms with E-state index in [1.807, 2.05) is 0 Å². The maximum Gasteiger partial charge on any atom is 0.0246 e. The normalized spacial score (nSPS) is 26.5. The van der Waals surface area contributed by atoms with Crippen LogP contribution >= 0.6 is 0 Å². The van der Waals surface area contributed by atoms with Crippen LogP contribution in [0.5, 0.6) is 0 Å². The van der Waals surface area contributed by atoms with Crippen molar-refractivity contribution in [1.29, 1.82) is 0 Å². The minimum atomic E-state index is 0.696. The average Bonchev–Trinajstić information content (AvgIpc) is 2.52. The molecule has 1 fully saturated rings. The van der Waals surface area contributed by atoms with Crippen molar-refractivity contribution >= 4 is 0 Å². The van der Waals surface area contributed by atoms with Gasteiger partial charge in [0.05, 0.1) is 0 Å². The number of likely N-dealkylation sites (N-methyl/N-ethyl adjacent to an activating group) is 2. The molecule has 17 heavy (non-hydrogen) atoms. The van der Waals surface area contributed by atoms with Crippen molar-refractivity contribution in [2.45, 2.75) is 50.6 Å². The van der Waals surface area contributed by atoms with Gasteiger partial charge < -0.3 is 15.1 Å². The second-order valence-corrected chi connectivity index (χ2v) is 5.74. The van der Waals surface area contributed by atoms with Gasteiger partial charge in [0.1, 0.15) is 0 Å². The van der Waals surface area contributed by atoms with Crippen LogP contribution in [0.25, 0.3) is 0 Å². The summed E-state index contributed by atoms with van der Waals surface area (Å²) in [6.07, 6.45) is 8.20. The highest BCUT2D eigenvalue weighted by Crippen LogP contribution is 2.21. The lowest BCUT2D eigenvalue weighted by molar-refractivity contribution is 0.179. The van der Waals surface area contributed by atoms with Gasteiger partial charge in [0, 0.05) is 12.1 Å². The molecule has 2 unspecified atom stereocenters. The molecule has 0 spiro atoms. The standard InChI is InChI=1S/C14H31N3/c1-15-13-9-6-5-7-10-14(13)17(4)12-8-11-16(2)3/h13-15H,5-12H2,1-4H3. The third-order valence-electron chi connectivity index (χ3n) is 4.03. The number of hydrogen-bond donors (Lipinski definition) is 1. The molecular formula is C14H31N3. The highest BCUT2D eigenvalue weighted by Gasteiger charge is 2.25. The highest BCUT2D eigenvalue weighted by molar-refractivity contribution is 4.84. The zero-order valence-corrected chi connectivity index (χ0v) is 12.2. The van der Waals surface area contributed by atoms with Gasteiger partial charge in [0.2, 0.25) is 0 Å². The van der Waals surface area contributed by atoms with Crippen molar-refractivity contribution in [1.82, 2.24) is 15.1 Å². The van der Waals surface area contributed by atoms with Gasteiger partial charge in [-0.05, 0) is 60.5 Å². The summed E-state index contributed by atoms with van der Waals surface area (Å²) >= 11 is 0. The van der Waals surface area contributed by atoms with E-state index in [1.165, 1.54) is 51.6 Å². The predicted molar refractivity (Wildman–Crippen MR) is 75.5 cm³/mol. The maximum absolute atomic E-state index is 3.52. The lowest BCUT2D eigenvalue weighted by Crippen LogP contribution is -2.47. The van der Waals surface area contributed by atoms with Gasteiger partial charge in [-0.25, -0.2) is 0 Å². The summed E-state index contributed by atoms with van der Waals surface area (Å²) in [5, 5.41) is 3.52. The third-order valence-corrected chi connectivity index (χ3v) is 4.03. The summed E-state index contributed by atoms with van der Waals surface area (Å²) in [5.41, 5.74) is 0. The Hall–Kier alpha value is -0.120. The van der Waals surface area contributed by atoms with E-state index in [0.717, 1.165) is 6.04 Å². The molecule has 0 heterocycles. The molecule has 0 aromatic rings. The third kappa shape index (κ3) is 5.36. The van der Waals surface area contributed by atoms with Crippen molar-refractivity contribution in [3.05, 3.63) is 0 Å². The molecule has 0 amide bonds. The Morgan fingerprint density at radius 2 is 1.71 bits per heavy atom. The fourth-order valence-electron chi connectivity index (χ4n) is 2.95. The molecule has 0 aromatic heterocycles. The molecule has 0 bridgehead atoms. The zero-order valence-electron chi connectivity index (χ0n) is 12.2. The van der Waals surface area contributed by atoms with Gasteiger partial charge in [0.15, 0.2) is 0 Å². The van der Waals surface area contributed by atoms with Crippen LogP contribution in [-0.2, 0) is 0 Å². The molecule has 1 N–H and O–H groups in total. The van der Waals surface area contributed by atoms with Gasteiger partial charge in [-0.2, -0.15) is 0 Å². The van der Waals surface area contributed by atoms with Crippen LogP contribution in [0.3, 0.4) is 0 Å². The van der Waals surface area contributed by atoms with Crippen LogP contribution in [0.1, 0.15) is 38.5 Å². The number of nitrogens with one attached hydrogen (secondary N) is 1. The van der Waals surface area contributed by atoms with Crippen molar-refractivity contribution in [3.63, 3.8) is 0 Å². The van der Waals surface area contributed by atoms with E-state index in [1.54, 1.807) is 0 Å². The topological polar surface area (TPSA) is 18.5 Å². The Morgan fingerprint density at radius 3 is 2.35 bits per heavy atom. The van der Waals surface area contributed by atoms with Crippen LogP contribution < -0.4 is 5.32 Å². The summed E-state index contributed by atoms with van der Waals surface area (Å²) in [6.45, 7) is 2.42. The van der Waals surface area contributed by atoms with E-state index in [4.69, 9.17) is 0 Å². The van der Waals surface area contributed by atoms with Crippen molar-refractivity contribution in [2.75, 3.05) is 41.3 Å². The lowest BCUT2D eigenvalue weighted by Gasteiger charge is -2.33. The Morgan fingerprint density at radius 1 is 1.00 bits per heavy atom. The molecule has 3 heteroatoms. The van der Waals surface area contributed by atoms with Crippen LogP contribution in [-0.4, -0.2) is 63.2 Å². The first-order chi connectivity index (χ1) is 8.15. The van der Waals surface area contributed by atoms with Gasteiger partial charge >= 0.3 is 0 Å². The predicted octanol–water partition coefficient (Wildman–Crippen LogP) is 1.79. The lowest BCUT2D eigenvalue weighted by atomic mass is 10.0. The summed E-state index contributed by atoms with van der Waals surface area (Å²) < 4.78 is 0. The van der Waals surface area contributed by atoms with E-state index in [9.17, 15) is 0 Å². The van der Waals surface area contributed by atoms with Crippen LogP contribution in [0.2, 0.25) is 0 Å².